The SMILES string of the molecule is CN1CCC(C(Nc2cc(-c3ccc(Br)cc3)c3nccnc3c2)c2cccnc2)CC1. The number of aromatic nitrogens is 3. The summed E-state index contributed by atoms with van der Waals surface area (Å²) in [5.41, 5.74) is 6.30. The molecule has 162 valence electrons. The minimum atomic E-state index is 0.198. The highest BCUT2D eigenvalue weighted by Crippen LogP contribution is 2.36. The van der Waals surface area contributed by atoms with Crippen molar-refractivity contribution >= 4 is 32.7 Å². The molecule has 1 aliphatic rings. The van der Waals surface area contributed by atoms with Gasteiger partial charge in [0.1, 0.15) is 0 Å². The first-order chi connectivity index (χ1) is 15.7. The molecule has 2 aromatic heterocycles. The van der Waals surface area contributed by atoms with Crippen molar-refractivity contribution in [1.82, 2.24) is 19.9 Å². The van der Waals surface area contributed by atoms with Gasteiger partial charge in [-0.2, -0.15) is 0 Å². The molecular weight excluding hydrogens is 462 g/mol. The Balaban J connectivity index is 1.56. The average molecular weight is 488 g/mol. The minimum absolute atomic E-state index is 0.198. The van der Waals surface area contributed by atoms with Gasteiger partial charge in [0.05, 0.1) is 17.1 Å². The smallest absolute Gasteiger partial charge is 0.0966 e. The van der Waals surface area contributed by atoms with Crippen molar-refractivity contribution in [3.8, 4) is 11.1 Å². The van der Waals surface area contributed by atoms with Crippen LogP contribution in [0.5, 0.6) is 0 Å². The van der Waals surface area contributed by atoms with Gasteiger partial charge in [-0.15, -0.1) is 0 Å². The molecule has 1 atom stereocenters. The lowest BCUT2D eigenvalue weighted by atomic mass is 9.85. The van der Waals surface area contributed by atoms with Crippen LogP contribution in [-0.2, 0) is 0 Å². The molecule has 5 rings (SSSR count). The number of piperidine rings is 1. The van der Waals surface area contributed by atoms with E-state index in [1.54, 1.807) is 12.4 Å². The maximum absolute atomic E-state index is 4.64. The summed E-state index contributed by atoms with van der Waals surface area (Å²) in [6, 6.07) is 17.1. The van der Waals surface area contributed by atoms with Crippen molar-refractivity contribution in [2.45, 2.75) is 18.9 Å². The van der Waals surface area contributed by atoms with E-state index in [0.717, 1.165) is 58.3 Å². The zero-order valence-electron chi connectivity index (χ0n) is 18.1. The Hall–Kier alpha value is -2.83. The summed E-state index contributed by atoms with van der Waals surface area (Å²) in [6.45, 7) is 2.24. The summed E-state index contributed by atoms with van der Waals surface area (Å²) in [4.78, 5) is 16.1. The topological polar surface area (TPSA) is 53.9 Å². The fourth-order valence-electron chi connectivity index (χ4n) is 4.58. The summed E-state index contributed by atoms with van der Waals surface area (Å²) in [5, 5.41) is 3.86. The van der Waals surface area contributed by atoms with E-state index in [4.69, 9.17) is 0 Å². The number of benzene rings is 2. The molecule has 0 amide bonds. The van der Waals surface area contributed by atoms with Gasteiger partial charge in [0, 0.05) is 40.5 Å². The first-order valence-corrected chi connectivity index (χ1v) is 11.8. The van der Waals surface area contributed by atoms with Gasteiger partial charge in [0.2, 0.25) is 0 Å². The molecule has 0 spiro atoms. The second kappa shape index (κ2) is 9.35. The molecule has 1 saturated heterocycles. The van der Waals surface area contributed by atoms with Gasteiger partial charge >= 0.3 is 0 Å². The zero-order valence-corrected chi connectivity index (χ0v) is 19.7. The number of pyridine rings is 1. The van der Waals surface area contributed by atoms with E-state index < -0.39 is 0 Å². The van der Waals surface area contributed by atoms with Crippen molar-refractivity contribution in [1.29, 1.82) is 0 Å². The standard InChI is InChI=1S/C26H26BrN5/c1-32-13-8-19(9-14-32)25(20-3-2-10-28-17-20)31-22-15-23(18-4-6-21(27)7-5-18)26-24(16-22)29-11-12-30-26/h2-7,10-12,15-17,19,25,31H,8-9,13-14H2,1H3. The van der Waals surface area contributed by atoms with Crippen LogP contribution >= 0.6 is 15.9 Å². The van der Waals surface area contributed by atoms with Crippen molar-refractivity contribution in [2.75, 3.05) is 25.5 Å². The highest BCUT2D eigenvalue weighted by Gasteiger charge is 2.27. The molecule has 5 nitrogen and oxygen atoms in total. The van der Waals surface area contributed by atoms with E-state index in [1.165, 1.54) is 5.56 Å². The van der Waals surface area contributed by atoms with Crippen LogP contribution in [-0.4, -0.2) is 40.0 Å². The van der Waals surface area contributed by atoms with Crippen LogP contribution < -0.4 is 5.32 Å². The monoisotopic (exact) mass is 487 g/mol. The minimum Gasteiger partial charge on any atom is -0.378 e. The van der Waals surface area contributed by atoms with Crippen LogP contribution in [0.1, 0.15) is 24.4 Å². The first kappa shape index (κ1) is 21.0. The Kier molecular flexibility index (Phi) is 6.14. The third-order valence-electron chi connectivity index (χ3n) is 6.33. The van der Waals surface area contributed by atoms with Crippen LogP contribution in [0.4, 0.5) is 5.69 Å². The fraction of sp³-hybridized carbons (Fsp3) is 0.269. The Morgan fingerprint density at radius 3 is 2.53 bits per heavy atom. The van der Waals surface area contributed by atoms with Gasteiger partial charge in [-0.1, -0.05) is 34.1 Å². The Bertz CT molecular complexity index is 1190. The van der Waals surface area contributed by atoms with Gasteiger partial charge in [-0.05, 0) is 80.4 Å². The predicted molar refractivity (Wildman–Crippen MR) is 133 cm³/mol. The molecule has 0 saturated carbocycles. The van der Waals surface area contributed by atoms with Crippen LogP contribution in [0.15, 0.2) is 77.8 Å². The van der Waals surface area contributed by atoms with E-state index in [-0.39, 0.29) is 6.04 Å². The lowest BCUT2D eigenvalue weighted by molar-refractivity contribution is 0.204. The normalized spacial score (nSPS) is 16.2. The van der Waals surface area contributed by atoms with Crippen LogP contribution in [0.25, 0.3) is 22.2 Å². The van der Waals surface area contributed by atoms with Crippen LogP contribution in [0, 0.1) is 5.92 Å². The number of likely N-dealkylation sites (tertiary alicyclic amines) is 1. The maximum atomic E-state index is 4.64. The third-order valence-corrected chi connectivity index (χ3v) is 6.86. The predicted octanol–water partition coefficient (Wildman–Crippen LogP) is 5.95. The molecule has 1 fully saturated rings. The number of rotatable bonds is 5. The summed E-state index contributed by atoms with van der Waals surface area (Å²) < 4.78 is 1.06. The number of nitrogens with one attached hydrogen (secondary N) is 1. The lowest BCUT2D eigenvalue weighted by Crippen LogP contribution is -2.34. The molecular formula is C26H26BrN5. The highest BCUT2D eigenvalue weighted by atomic mass is 79.9. The van der Waals surface area contributed by atoms with Crippen molar-refractivity contribution in [3.63, 3.8) is 0 Å². The average Bonchev–Trinajstić information content (AvgIpc) is 2.84. The molecule has 3 heterocycles. The number of hydrogen-bond donors (Lipinski definition) is 1. The van der Waals surface area contributed by atoms with Crippen molar-refractivity contribution < 1.29 is 0 Å². The van der Waals surface area contributed by atoms with Gasteiger partial charge in [0.15, 0.2) is 0 Å². The summed E-state index contributed by atoms with van der Waals surface area (Å²) in [7, 11) is 2.20. The maximum Gasteiger partial charge on any atom is 0.0966 e. The quantitative estimate of drug-likeness (QED) is 0.376. The van der Waals surface area contributed by atoms with Crippen molar-refractivity contribution in [2.24, 2.45) is 5.92 Å². The van der Waals surface area contributed by atoms with E-state index in [0.29, 0.717) is 5.92 Å². The second-order valence-corrected chi connectivity index (χ2v) is 9.42. The molecule has 1 aliphatic heterocycles. The molecule has 6 heteroatoms. The van der Waals surface area contributed by atoms with Gasteiger partial charge in [-0.25, -0.2) is 0 Å². The lowest BCUT2D eigenvalue weighted by Gasteiger charge is -2.35. The van der Waals surface area contributed by atoms with E-state index in [2.05, 4.69) is 90.6 Å². The molecule has 1 unspecified atom stereocenters. The molecule has 0 aliphatic carbocycles. The Morgan fingerprint density at radius 1 is 1.00 bits per heavy atom. The molecule has 4 aromatic rings. The van der Waals surface area contributed by atoms with E-state index >= 15 is 0 Å². The zero-order chi connectivity index (χ0) is 21.9. The summed E-state index contributed by atoms with van der Waals surface area (Å²) in [6.07, 6.45) is 9.67. The number of fused-ring (bicyclic) bond motifs is 1. The van der Waals surface area contributed by atoms with Gasteiger partial charge in [0.25, 0.3) is 0 Å². The molecule has 32 heavy (non-hydrogen) atoms. The van der Waals surface area contributed by atoms with Gasteiger partial charge in [-0.3, -0.25) is 15.0 Å². The first-order valence-electron chi connectivity index (χ1n) is 11.0. The van der Waals surface area contributed by atoms with Crippen LogP contribution in [0.3, 0.4) is 0 Å². The van der Waals surface area contributed by atoms with Crippen LogP contribution in [0.2, 0.25) is 0 Å². The number of hydrogen-bond acceptors (Lipinski definition) is 5. The second-order valence-electron chi connectivity index (χ2n) is 8.50. The number of anilines is 1. The van der Waals surface area contributed by atoms with Gasteiger partial charge < -0.3 is 10.2 Å². The third kappa shape index (κ3) is 4.52. The molecule has 2 aromatic carbocycles. The molecule has 0 radical (unpaired) electrons. The highest BCUT2D eigenvalue weighted by molar-refractivity contribution is 9.10. The fourth-order valence-corrected chi connectivity index (χ4v) is 4.85. The Labute approximate surface area is 197 Å². The van der Waals surface area contributed by atoms with E-state index in [1.807, 2.05) is 18.5 Å². The molecule has 1 N–H and O–H groups in total. The number of halogens is 1. The largest absolute Gasteiger partial charge is 0.378 e. The summed E-state index contributed by atoms with van der Waals surface area (Å²) >= 11 is 3.54. The molecule has 0 bridgehead atoms. The van der Waals surface area contributed by atoms with E-state index in [9.17, 15) is 0 Å². The van der Waals surface area contributed by atoms with Crippen molar-refractivity contribution in [3.05, 3.63) is 83.4 Å². The summed E-state index contributed by atoms with van der Waals surface area (Å²) in [5.74, 6) is 0.545. The number of nitrogens with zero attached hydrogens (tertiary/aromatic N) is 4. The Morgan fingerprint density at radius 2 is 1.78 bits per heavy atom.